The van der Waals surface area contributed by atoms with E-state index in [0.717, 1.165) is 28.7 Å². The minimum atomic E-state index is -1.06. The first-order chi connectivity index (χ1) is 16.2. The standard InChI is InChI=1S/C27H32N2O5/c1-16(2)23(24(30)31)29-25(32)27(3)14-8-13-22(27)28-26(33)34-15-21-19-11-6-4-9-17(19)18-10-5-7-12-20(18)21/h4-7,9-12,16,21-23H,8,13-15H2,1-3H3,(H,28,33)(H,29,32)(H,30,31)/t22?,23-,27?/m0/s1. The second-order valence-corrected chi connectivity index (χ2v) is 9.87. The zero-order valence-electron chi connectivity index (χ0n) is 19.8. The van der Waals surface area contributed by atoms with E-state index in [4.69, 9.17) is 4.74 Å². The van der Waals surface area contributed by atoms with Crippen LogP contribution in [-0.2, 0) is 14.3 Å². The highest BCUT2D eigenvalue weighted by atomic mass is 16.5. The number of amides is 2. The molecule has 0 aliphatic heterocycles. The SMILES string of the molecule is CC(C)[C@H](NC(=O)C1(C)CCCC1NC(=O)OCC1c2ccccc2-c2ccccc21)C(=O)O. The number of alkyl carbamates (subject to hydrolysis) is 1. The van der Waals surface area contributed by atoms with Crippen LogP contribution in [0.5, 0.6) is 0 Å². The summed E-state index contributed by atoms with van der Waals surface area (Å²) in [6.45, 7) is 5.48. The first-order valence-electron chi connectivity index (χ1n) is 11.9. The average molecular weight is 465 g/mol. The van der Waals surface area contributed by atoms with E-state index in [9.17, 15) is 19.5 Å². The van der Waals surface area contributed by atoms with E-state index in [1.54, 1.807) is 20.8 Å². The molecule has 0 bridgehead atoms. The highest BCUT2D eigenvalue weighted by Gasteiger charge is 2.47. The lowest BCUT2D eigenvalue weighted by Gasteiger charge is -2.32. The molecule has 180 valence electrons. The molecular formula is C27H32N2O5. The maximum Gasteiger partial charge on any atom is 0.407 e. The Labute approximate surface area is 199 Å². The molecule has 0 radical (unpaired) electrons. The van der Waals surface area contributed by atoms with Crippen molar-refractivity contribution in [2.75, 3.05) is 6.61 Å². The molecule has 2 aliphatic rings. The van der Waals surface area contributed by atoms with E-state index in [0.29, 0.717) is 12.8 Å². The molecule has 0 heterocycles. The smallest absolute Gasteiger partial charge is 0.407 e. The number of aliphatic carboxylic acids is 1. The summed E-state index contributed by atoms with van der Waals surface area (Å²) in [7, 11) is 0. The lowest BCUT2D eigenvalue weighted by molar-refractivity contribution is -0.145. The van der Waals surface area contributed by atoms with Gasteiger partial charge in [0.15, 0.2) is 0 Å². The van der Waals surface area contributed by atoms with Crippen LogP contribution in [-0.4, -0.2) is 41.8 Å². The predicted octanol–water partition coefficient (Wildman–Crippen LogP) is 4.31. The average Bonchev–Trinajstić information content (AvgIpc) is 3.34. The van der Waals surface area contributed by atoms with Gasteiger partial charge in [-0.1, -0.05) is 68.8 Å². The molecule has 0 saturated heterocycles. The van der Waals surface area contributed by atoms with Gasteiger partial charge in [0.25, 0.3) is 0 Å². The topological polar surface area (TPSA) is 105 Å². The summed E-state index contributed by atoms with van der Waals surface area (Å²) in [6, 6.07) is 14.9. The Kier molecular flexibility index (Phi) is 6.64. The zero-order valence-corrected chi connectivity index (χ0v) is 19.8. The van der Waals surface area contributed by atoms with E-state index < -0.39 is 29.6 Å². The van der Waals surface area contributed by atoms with Crippen molar-refractivity contribution < 1.29 is 24.2 Å². The van der Waals surface area contributed by atoms with Gasteiger partial charge in [-0.15, -0.1) is 0 Å². The van der Waals surface area contributed by atoms with Crippen LogP contribution >= 0.6 is 0 Å². The number of hydrogen-bond acceptors (Lipinski definition) is 4. The Hall–Kier alpha value is -3.35. The molecule has 7 heteroatoms. The van der Waals surface area contributed by atoms with Gasteiger partial charge in [-0.25, -0.2) is 9.59 Å². The third-order valence-corrected chi connectivity index (χ3v) is 7.33. The van der Waals surface area contributed by atoms with Gasteiger partial charge in [0.2, 0.25) is 5.91 Å². The molecule has 2 aliphatic carbocycles. The third kappa shape index (κ3) is 4.39. The van der Waals surface area contributed by atoms with E-state index >= 15 is 0 Å². The number of hydrogen-bond donors (Lipinski definition) is 3. The Morgan fingerprint density at radius 3 is 2.21 bits per heavy atom. The minimum Gasteiger partial charge on any atom is -0.480 e. The van der Waals surface area contributed by atoms with Crippen molar-refractivity contribution >= 4 is 18.0 Å². The largest absolute Gasteiger partial charge is 0.480 e. The van der Waals surface area contributed by atoms with Gasteiger partial charge < -0.3 is 20.5 Å². The molecule has 2 aromatic rings. The van der Waals surface area contributed by atoms with Crippen LogP contribution in [0.1, 0.15) is 57.1 Å². The molecule has 7 nitrogen and oxygen atoms in total. The first kappa shape index (κ1) is 23.8. The number of carboxylic acid groups (broad SMARTS) is 1. The molecule has 1 saturated carbocycles. The second-order valence-electron chi connectivity index (χ2n) is 9.87. The number of carbonyl (C=O) groups excluding carboxylic acids is 2. The molecule has 1 fully saturated rings. The normalized spacial score (nSPS) is 22.1. The summed E-state index contributed by atoms with van der Waals surface area (Å²) in [5, 5.41) is 15.0. The number of ether oxygens (including phenoxy) is 1. The number of benzene rings is 2. The Balaban J connectivity index is 1.41. The molecule has 4 rings (SSSR count). The van der Waals surface area contributed by atoms with E-state index in [1.807, 2.05) is 24.3 Å². The molecule has 0 aromatic heterocycles. The highest BCUT2D eigenvalue weighted by molar-refractivity contribution is 5.88. The number of fused-ring (bicyclic) bond motifs is 3. The quantitative estimate of drug-likeness (QED) is 0.566. The van der Waals surface area contributed by atoms with E-state index in [2.05, 4.69) is 34.9 Å². The zero-order chi connectivity index (χ0) is 24.5. The fourth-order valence-corrected chi connectivity index (χ4v) is 5.27. The minimum absolute atomic E-state index is 0.0428. The molecule has 2 amide bonds. The van der Waals surface area contributed by atoms with Gasteiger partial charge in [-0.05, 0) is 47.9 Å². The van der Waals surface area contributed by atoms with Crippen LogP contribution in [0, 0.1) is 11.3 Å². The molecule has 0 spiro atoms. The van der Waals surface area contributed by atoms with Gasteiger partial charge in [-0.3, -0.25) is 4.79 Å². The summed E-state index contributed by atoms with van der Waals surface area (Å²) in [5.41, 5.74) is 3.69. The van der Waals surface area contributed by atoms with Crippen LogP contribution in [0.4, 0.5) is 4.79 Å². The summed E-state index contributed by atoms with van der Waals surface area (Å²) >= 11 is 0. The molecule has 3 N–H and O–H groups in total. The van der Waals surface area contributed by atoms with Gasteiger partial charge in [-0.2, -0.15) is 0 Å². The lowest BCUT2D eigenvalue weighted by atomic mass is 9.83. The van der Waals surface area contributed by atoms with Crippen LogP contribution in [0.15, 0.2) is 48.5 Å². The number of nitrogens with one attached hydrogen (secondary N) is 2. The van der Waals surface area contributed by atoms with Crippen molar-refractivity contribution in [3.63, 3.8) is 0 Å². The first-order valence-corrected chi connectivity index (χ1v) is 11.9. The van der Waals surface area contributed by atoms with Crippen molar-refractivity contribution in [3.8, 4) is 11.1 Å². The maximum absolute atomic E-state index is 13.1. The highest BCUT2D eigenvalue weighted by Crippen LogP contribution is 2.44. The van der Waals surface area contributed by atoms with Crippen LogP contribution in [0.3, 0.4) is 0 Å². The van der Waals surface area contributed by atoms with Crippen molar-refractivity contribution in [3.05, 3.63) is 59.7 Å². The third-order valence-electron chi connectivity index (χ3n) is 7.33. The fourth-order valence-electron chi connectivity index (χ4n) is 5.27. The van der Waals surface area contributed by atoms with E-state index in [-0.39, 0.29) is 24.3 Å². The maximum atomic E-state index is 13.1. The second kappa shape index (κ2) is 9.49. The van der Waals surface area contributed by atoms with Gasteiger partial charge in [0.1, 0.15) is 12.6 Å². The fraction of sp³-hybridized carbons (Fsp3) is 0.444. The molecule has 3 atom stereocenters. The summed E-state index contributed by atoms with van der Waals surface area (Å²) in [6.07, 6.45) is 1.40. The van der Waals surface area contributed by atoms with Gasteiger partial charge in [0, 0.05) is 12.0 Å². The molecule has 34 heavy (non-hydrogen) atoms. The molecular weight excluding hydrogens is 432 g/mol. The Morgan fingerprint density at radius 2 is 1.65 bits per heavy atom. The van der Waals surface area contributed by atoms with Crippen molar-refractivity contribution in [1.82, 2.24) is 10.6 Å². The molecule has 2 aromatic carbocycles. The summed E-state index contributed by atoms with van der Waals surface area (Å²) < 4.78 is 5.66. The van der Waals surface area contributed by atoms with Gasteiger partial charge in [0.05, 0.1) is 5.41 Å². The van der Waals surface area contributed by atoms with Crippen molar-refractivity contribution in [2.24, 2.45) is 11.3 Å². The van der Waals surface area contributed by atoms with Crippen LogP contribution < -0.4 is 10.6 Å². The monoisotopic (exact) mass is 464 g/mol. The van der Waals surface area contributed by atoms with E-state index in [1.165, 1.54) is 0 Å². The lowest BCUT2D eigenvalue weighted by Crippen LogP contribution is -2.55. The number of carboxylic acids is 1. The molecule has 2 unspecified atom stereocenters. The van der Waals surface area contributed by atoms with Crippen LogP contribution in [0.25, 0.3) is 11.1 Å². The van der Waals surface area contributed by atoms with Crippen molar-refractivity contribution in [2.45, 2.75) is 58.0 Å². The Bertz CT molecular complexity index is 1050. The van der Waals surface area contributed by atoms with Gasteiger partial charge >= 0.3 is 12.1 Å². The number of rotatable bonds is 7. The predicted molar refractivity (Wildman–Crippen MR) is 128 cm³/mol. The number of carbonyl (C=O) groups is 3. The Morgan fingerprint density at radius 1 is 1.06 bits per heavy atom. The van der Waals surface area contributed by atoms with Crippen molar-refractivity contribution in [1.29, 1.82) is 0 Å². The summed E-state index contributed by atoms with van der Waals surface area (Å²) in [5.74, 6) is -1.71. The van der Waals surface area contributed by atoms with Crippen LogP contribution in [0.2, 0.25) is 0 Å². The summed E-state index contributed by atoms with van der Waals surface area (Å²) in [4.78, 5) is 37.4.